The predicted octanol–water partition coefficient (Wildman–Crippen LogP) is 3.42. The van der Waals surface area contributed by atoms with Gasteiger partial charge in [-0.15, -0.1) is 0 Å². The molecule has 0 N–H and O–H groups in total. The molecule has 0 aliphatic heterocycles. The van der Waals surface area contributed by atoms with Crippen molar-refractivity contribution in [2.24, 2.45) is 0 Å². The van der Waals surface area contributed by atoms with Gasteiger partial charge in [0, 0.05) is 4.48 Å². The maximum absolute atomic E-state index is 3.81. The lowest BCUT2D eigenvalue weighted by molar-refractivity contribution is 1.16. The largest absolute Gasteiger partial charge is 0.0979 e. The van der Waals surface area contributed by atoms with Gasteiger partial charge in [0.1, 0.15) is 0 Å². The molecule has 0 saturated carbocycles. The second-order valence-corrected chi connectivity index (χ2v) is 2.66. The van der Waals surface area contributed by atoms with Gasteiger partial charge in [-0.25, -0.2) is 0 Å². The van der Waals surface area contributed by atoms with E-state index in [1.807, 2.05) is 6.08 Å². The van der Waals surface area contributed by atoms with Gasteiger partial charge in [0.2, 0.25) is 0 Å². The van der Waals surface area contributed by atoms with Crippen molar-refractivity contribution in [3.8, 4) is 0 Å². The third kappa shape index (κ3) is 4.22. The molecule has 0 aliphatic rings. The zero-order valence-corrected chi connectivity index (χ0v) is 7.24. The molecule has 0 bridgehead atoms. The van der Waals surface area contributed by atoms with Gasteiger partial charge in [-0.05, 0) is 12.5 Å². The summed E-state index contributed by atoms with van der Waals surface area (Å²) in [6.45, 7) is 9.47. The first kappa shape index (κ1) is 8.70. The van der Waals surface area contributed by atoms with E-state index in [4.69, 9.17) is 0 Å². The van der Waals surface area contributed by atoms with Crippen molar-refractivity contribution in [2.45, 2.75) is 13.3 Å². The molecule has 0 spiro atoms. The first-order valence-corrected chi connectivity index (χ1v) is 3.67. The Morgan fingerprint density at radius 3 is 2.56 bits per heavy atom. The van der Waals surface area contributed by atoms with Crippen molar-refractivity contribution in [2.75, 3.05) is 0 Å². The fourth-order valence-electron chi connectivity index (χ4n) is 0.356. The molecule has 0 aromatic heterocycles. The third-order valence-corrected chi connectivity index (χ3v) is 1.54. The smallest absolute Gasteiger partial charge is 0.0171 e. The quantitative estimate of drug-likeness (QED) is 0.594. The second kappa shape index (κ2) is 4.57. The summed E-state index contributed by atoms with van der Waals surface area (Å²) in [7, 11) is 0. The van der Waals surface area contributed by atoms with E-state index in [1.165, 1.54) is 0 Å². The highest BCUT2D eigenvalue weighted by atomic mass is 79.9. The minimum Gasteiger partial charge on any atom is -0.0979 e. The zero-order valence-electron chi connectivity index (χ0n) is 5.65. The number of hydrogen-bond donors (Lipinski definition) is 0. The number of halogens is 1. The molecule has 9 heavy (non-hydrogen) atoms. The molecule has 0 unspecified atom stereocenters. The SMILES string of the molecule is C=C/C(Br)=C\C(=C)CC. The summed E-state index contributed by atoms with van der Waals surface area (Å²) in [6, 6.07) is 0. The minimum atomic E-state index is 0.989. The van der Waals surface area contributed by atoms with E-state index in [0.717, 1.165) is 16.5 Å². The normalized spacial score (nSPS) is 11.1. The first-order chi connectivity index (χ1) is 4.20. The highest BCUT2D eigenvalue weighted by Gasteiger charge is 1.84. The van der Waals surface area contributed by atoms with Crippen LogP contribution < -0.4 is 0 Å². The topological polar surface area (TPSA) is 0 Å². The van der Waals surface area contributed by atoms with Crippen molar-refractivity contribution in [3.05, 3.63) is 35.4 Å². The first-order valence-electron chi connectivity index (χ1n) is 2.88. The summed E-state index contributed by atoms with van der Waals surface area (Å²) in [5.41, 5.74) is 1.11. The lowest BCUT2D eigenvalue weighted by atomic mass is 10.2. The van der Waals surface area contributed by atoms with E-state index in [9.17, 15) is 0 Å². The number of allylic oxidation sites excluding steroid dienone is 4. The van der Waals surface area contributed by atoms with Gasteiger partial charge in [0.25, 0.3) is 0 Å². The Morgan fingerprint density at radius 2 is 2.22 bits per heavy atom. The molecule has 1 heteroatoms. The Morgan fingerprint density at radius 1 is 1.67 bits per heavy atom. The van der Waals surface area contributed by atoms with Gasteiger partial charge >= 0.3 is 0 Å². The molecule has 0 nitrogen and oxygen atoms in total. The summed E-state index contributed by atoms with van der Waals surface area (Å²) < 4.78 is 0.995. The fourth-order valence-corrected chi connectivity index (χ4v) is 0.680. The second-order valence-electron chi connectivity index (χ2n) is 1.75. The van der Waals surface area contributed by atoms with Gasteiger partial charge in [-0.2, -0.15) is 0 Å². The summed E-state index contributed by atoms with van der Waals surface area (Å²) in [5.74, 6) is 0. The minimum absolute atomic E-state index is 0.989. The highest BCUT2D eigenvalue weighted by molar-refractivity contribution is 9.11. The highest BCUT2D eigenvalue weighted by Crippen LogP contribution is 2.10. The summed E-state index contributed by atoms with van der Waals surface area (Å²) in [6.07, 6.45) is 4.71. The average molecular weight is 187 g/mol. The van der Waals surface area contributed by atoms with Crippen LogP contribution in [0.5, 0.6) is 0 Å². The molecule has 0 fully saturated rings. The molecule has 0 atom stereocenters. The van der Waals surface area contributed by atoms with E-state index in [1.54, 1.807) is 6.08 Å². The molecule has 50 valence electrons. The van der Waals surface area contributed by atoms with Gasteiger partial charge in [-0.3, -0.25) is 0 Å². The molecular formula is C8H11Br. The van der Waals surface area contributed by atoms with Crippen LogP contribution in [0.15, 0.2) is 35.4 Å². The van der Waals surface area contributed by atoms with Crippen LogP contribution in [0, 0.1) is 0 Å². The number of hydrogen-bond acceptors (Lipinski definition) is 0. The maximum Gasteiger partial charge on any atom is 0.0171 e. The van der Waals surface area contributed by atoms with E-state index >= 15 is 0 Å². The Hall–Kier alpha value is -0.300. The zero-order chi connectivity index (χ0) is 7.28. The van der Waals surface area contributed by atoms with Gasteiger partial charge < -0.3 is 0 Å². The monoisotopic (exact) mass is 186 g/mol. The van der Waals surface area contributed by atoms with Crippen molar-refractivity contribution in [1.29, 1.82) is 0 Å². The van der Waals surface area contributed by atoms with Crippen LogP contribution in [0.2, 0.25) is 0 Å². The molecule has 0 aromatic rings. The lowest BCUT2D eigenvalue weighted by Gasteiger charge is -1.91. The summed E-state index contributed by atoms with van der Waals surface area (Å²) in [4.78, 5) is 0. The molecule has 0 rings (SSSR count). The lowest BCUT2D eigenvalue weighted by Crippen LogP contribution is -1.69. The molecule has 0 aromatic carbocycles. The van der Waals surface area contributed by atoms with E-state index in [-0.39, 0.29) is 0 Å². The predicted molar refractivity (Wildman–Crippen MR) is 46.6 cm³/mol. The summed E-state index contributed by atoms with van der Waals surface area (Å²) >= 11 is 3.30. The van der Waals surface area contributed by atoms with E-state index in [0.29, 0.717) is 0 Å². The standard InChI is InChI=1S/C8H11Br/c1-4-7(3)6-8(9)5-2/h5-6H,2-4H2,1H3/b8-6+. The van der Waals surface area contributed by atoms with Crippen molar-refractivity contribution in [3.63, 3.8) is 0 Å². The van der Waals surface area contributed by atoms with Gasteiger partial charge in [-0.1, -0.05) is 47.7 Å². The number of rotatable bonds is 3. The van der Waals surface area contributed by atoms with Crippen LogP contribution in [-0.4, -0.2) is 0 Å². The van der Waals surface area contributed by atoms with Crippen LogP contribution in [-0.2, 0) is 0 Å². The van der Waals surface area contributed by atoms with Gasteiger partial charge in [0.15, 0.2) is 0 Å². The van der Waals surface area contributed by atoms with Crippen LogP contribution in [0.4, 0.5) is 0 Å². The Bertz CT molecular complexity index is 143. The maximum atomic E-state index is 3.81. The molecule has 0 heterocycles. The Balaban J connectivity index is 3.94. The van der Waals surface area contributed by atoms with Crippen LogP contribution in [0.25, 0.3) is 0 Å². The van der Waals surface area contributed by atoms with E-state index < -0.39 is 0 Å². The van der Waals surface area contributed by atoms with Crippen molar-refractivity contribution in [1.82, 2.24) is 0 Å². The molecule has 0 radical (unpaired) electrons. The Kier molecular flexibility index (Phi) is 4.41. The molecule has 0 amide bonds. The molecule has 0 aliphatic carbocycles. The van der Waals surface area contributed by atoms with Crippen LogP contribution in [0.3, 0.4) is 0 Å². The fraction of sp³-hybridized carbons (Fsp3) is 0.250. The van der Waals surface area contributed by atoms with E-state index in [2.05, 4.69) is 36.0 Å². The average Bonchev–Trinajstić information content (AvgIpc) is 1.87. The third-order valence-electron chi connectivity index (χ3n) is 0.991. The van der Waals surface area contributed by atoms with Crippen molar-refractivity contribution >= 4 is 15.9 Å². The van der Waals surface area contributed by atoms with Gasteiger partial charge in [0.05, 0.1) is 0 Å². The summed E-state index contributed by atoms with van der Waals surface area (Å²) in [5, 5.41) is 0. The molecule has 0 saturated heterocycles. The van der Waals surface area contributed by atoms with Crippen LogP contribution >= 0.6 is 15.9 Å². The van der Waals surface area contributed by atoms with Crippen LogP contribution in [0.1, 0.15) is 13.3 Å². The Labute approximate surface area is 65.1 Å². The van der Waals surface area contributed by atoms with Crippen molar-refractivity contribution < 1.29 is 0 Å². The molecular weight excluding hydrogens is 176 g/mol.